The van der Waals surface area contributed by atoms with Gasteiger partial charge in [-0.3, -0.25) is 4.79 Å². The Morgan fingerprint density at radius 3 is 2.69 bits per heavy atom. The van der Waals surface area contributed by atoms with Crippen molar-refractivity contribution in [1.29, 1.82) is 0 Å². The molecular formula is C16H28N6O3S. The van der Waals surface area contributed by atoms with Crippen molar-refractivity contribution in [2.75, 3.05) is 65.0 Å². The lowest BCUT2D eigenvalue weighted by Gasteiger charge is -2.24. The fourth-order valence-electron chi connectivity index (χ4n) is 2.98. The molecule has 1 N–H and O–H groups in total. The Bertz CT molecular complexity index is 724. The summed E-state index contributed by atoms with van der Waals surface area (Å²) < 4.78 is 24.7. The third-order valence-electron chi connectivity index (χ3n) is 4.30. The number of hydrogen-bond donors (Lipinski definition) is 1. The van der Waals surface area contributed by atoms with Crippen molar-refractivity contribution in [1.82, 2.24) is 24.5 Å². The summed E-state index contributed by atoms with van der Waals surface area (Å²) in [7, 11) is 2.51. The number of nitrogens with one attached hydrogen (secondary N) is 1. The van der Waals surface area contributed by atoms with Crippen molar-refractivity contribution in [3.8, 4) is 0 Å². The number of rotatable bonds is 6. The van der Waals surface area contributed by atoms with Crippen LogP contribution in [0.2, 0.25) is 0 Å². The zero-order valence-electron chi connectivity index (χ0n) is 15.8. The van der Waals surface area contributed by atoms with Crippen LogP contribution in [0.3, 0.4) is 0 Å². The van der Waals surface area contributed by atoms with E-state index in [0.717, 1.165) is 37.3 Å². The number of carbonyl (C=O) groups is 1. The van der Waals surface area contributed by atoms with Crippen LogP contribution in [-0.2, 0) is 21.2 Å². The van der Waals surface area contributed by atoms with E-state index in [4.69, 9.17) is 0 Å². The van der Waals surface area contributed by atoms with Gasteiger partial charge in [-0.15, -0.1) is 0 Å². The molecule has 0 bridgehead atoms. The molecule has 0 spiro atoms. The highest BCUT2D eigenvalue weighted by Gasteiger charge is 2.25. The SMILES string of the molecule is CN1CCN(C(=O)CNS(C)(=O)=O)C[C@@H](Cc2cc(N(C)C)ncn2)C1. The van der Waals surface area contributed by atoms with Gasteiger partial charge in [0, 0.05) is 52.0 Å². The number of hydrogen-bond acceptors (Lipinski definition) is 7. The Balaban J connectivity index is 2.05. The van der Waals surface area contributed by atoms with Crippen LogP contribution < -0.4 is 9.62 Å². The fourth-order valence-corrected chi connectivity index (χ4v) is 3.37. The highest BCUT2D eigenvalue weighted by molar-refractivity contribution is 7.88. The van der Waals surface area contributed by atoms with Gasteiger partial charge in [-0.2, -0.15) is 0 Å². The van der Waals surface area contributed by atoms with E-state index < -0.39 is 10.0 Å². The largest absolute Gasteiger partial charge is 0.363 e. The minimum Gasteiger partial charge on any atom is -0.363 e. The number of likely N-dealkylation sites (N-methyl/N-ethyl adjacent to an activating group) is 1. The molecule has 0 unspecified atom stereocenters. The molecule has 0 radical (unpaired) electrons. The van der Waals surface area contributed by atoms with Gasteiger partial charge in [-0.1, -0.05) is 0 Å². The maximum absolute atomic E-state index is 12.4. The van der Waals surface area contributed by atoms with Gasteiger partial charge in [0.25, 0.3) is 0 Å². The molecule has 0 saturated carbocycles. The number of anilines is 1. The van der Waals surface area contributed by atoms with E-state index in [2.05, 4.69) is 19.6 Å². The Hall–Kier alpha value is -1.78. The number of amides is 1. The molecule has 9 nitrogen and oxygen atoms in total. The van der Waals surface area contributed by atoms with Crippen LogP contribution in [-0.4, -0.2) is 94.2 Å². The molecule has 1 aliphatic rings. The monoisotopic (exact) mass is 384 g/mol. The van der Waals surface area contributed by atoms with Crippen LogP contribution in [0.4, 0.5) is 5.82 Å². The summed E-state index contributed by atoms with van der Waals surface area (Å²) in [6, 6.07) is 1.96. The maximum Gasteiger partial charge on any atom is 0.237 e. The van der Waals surface area contributed by atoms with Gasteiger partial charge >= 0.3 is 0 Å². The predicted molar refractivity (Wildman–Crippen MR) is 100 cm³/mol. The molecule has 2 rings (SSSR count). The molecule has 0 aliphatic carbocycles. The molecule has 1 aromatic heterocycles. The first-order chi connectivity index (χ1) is 12.1. The third kappa shape index (κ3) is 6.50. The van der Waals surface area contributed by atoms with Gasteiger partial charge in [0.05, 0.1) is 12.8 Å². The Morgan fingerprint density at radius 1 is 1.31 bits per heavy atom. The van der Waals surface area contributed by atoms with Gasteiger partial charge in [-0.05, 0) is 19.4 Å². The molecule has 1 aliphatic heterocycles. The first-order valence-electron chi connectivity index (χ1n) is 8.53. The average molecular weight is 385 g/mol. The molecule has 26 heavy (non-hydrogen) atoms. The van der Waals surface area contributed by atoms with E-state index in [0.29, 0.717) is 13.1 Å². The second kappa shape index (κ2) is 8.74. The van der Waals surface area contributed by atoms with E-state index in [-0.39, 0.29) is 18.4 Å². The van der Waals surface area contributed by atoms with Crippen LogP contribution in [0.15, 0.2) is 12.4 Å². The summed E-state index contributed by atoms with van der Waals surface area (Å²) >= 11 is 0. The van der Waals surface area contributed by atoms with E-state index in [1.807, 2.05) is 32.1 Å². The number of nitrogens with zero attached hydrogens (tertiary/aromatic N) is 5. The van der Waals surface area contributed by atoms with Crippen LogP contribution in [0.25, 0.3) is 0 Å². The van der Waals surface area contributed by atoms with Crippen LogP contribution >= 0.6 is 0 Å². The molecule has 1 fully saturated rings. The second-order valence-corrected chi connectivity index (χ2v) is 8.86. The molecule has 10 heteroatoms. The lowest BCUT2D eigenvalue weighted by molar-refractivity contribution is -0.130. The Kier molecular flexibility index (Phi) is 6.90. The number of aromatic nitrogens is 2. The van der Waals surface area contributed by atoms with Crippen LogP contribution in [0.5, 0.6) is 0 Å². The molecule has 1 aromatic rings. The standard InChI is InChI=1S/C16H28N6O3S/c1-20(2)15-8-14(17-12-18-15)7-13-10-21(3)5-6-22(11-13)16(23)9-19-26(4,24)25/h8,12-13,19H,5-7,9-11H2,1-4H3/t13-/m0/s1. The quantitative estimate of drug-likeness (QED) is 0.673. The van der Waals surface area contributed by atoms with Crippen molar-refractivity contribution >= 4 is 21.7 Å². The van der Waals surface area contributed by atoms with E-state index in [1.165, 1.54) is 0 Å². The maximum atomic E-state index is 12.4. The fraction of sp³-hybridized carbons (Fsp3) is 0.688. The van der Waals surface area contributed by atoms with E-state index in [1.54, 1.807) is 11.2 Å². The minimum atomic E-state index is -3.38. The summed E-state index contributed by atoms with van der Waals surface area (Å²) in [4.78, 5) is 26.8. The molecule has 1 atom stereocenters. The van der Waals surface area contributed by atoms with Crippen LogP contribution in [0.1, 0.15) is 5.69 Å². The summed E-state index contributed by atoms with van der Waals surface area (Å²) in [5, 5.41) is 0. The normalized spacial score (nSPS) is 19.2. The highest BCUT2D eigenvalue weighted by Crippen LogP contribution is 2.16. The van der Waals surface area contributed by atoms with Gasteiger partial charge in [-0.25, -0.2) is 23.1 Å². The topological polar surface area (TPSA) is 98.7 Å². The van der Waals surface area contributed by atoms with Gasteiger partial charge in [0.15, 0.2) is 0 Å². The lowest BCUT2D eigenvalue weighted by Crippen LogP contribution is -2.42. The van der Waals surface area contributed by atoms with E-state index >= 15 is 0 Å². The van der Waals surface area contributed by atoms with Crippen LogP contribution in [0, 0.1) is 5.92 Å². The average Bonchev–Trinajstić information content (AvgIpc) is 2.73. The predicted octanol–water partition coefficient (Wildman–Crippen LogP) is -0.975. The highest BCUT2D eigenvalue weighted by atomic mass is 32.2. The smallest absolute Gasteiger partial charge is 0.237 e. The summed E-state index contributed by atoms with van der Waals surface area (Å²) in [5.74, 6) is 0.865. The van der Waals surface area contributed by atoms with Crippen molar-refractivity contribution in [3.05, 3.63) is 18.1 Å². The first-order valence-corrected chi connectivity index (χ1v) is 10.4. The first kappa shape index (κ1) is 20.5. The van der Waals surface area contributed by atoms with Gasteiger partial charge in [0.1, 0.15) is 12.1 Å². The summed E-state index contributed by atoms with van der Waals surface area (Å²) in [6.45, 7) is 2.58. The Morgan fingerprint density at radius 2 is 2.04 bits per heavy atom. The molecule has 1 amide bonds. The van der Waals surface area contributed by atoms with E-state index in [9.17, 15) is 13.2 Å². The zero-order chi connectivity index (χ0) is 19.3. The molecular weight excluding hydrogens is 356 g/mol. The number of sulfonamides is 1. The van der Waals surface area contributed by atoms with Crippen molar-refractivity contribution in [2.45, 2.75) is 6.42 Å². The van der Waals surface area contributed by atoms with Crippen molar-refractivity contribution in [3.63, 3.8) is 0 Å². The Labute approximate surface area is 155 Å². The zero-order valence-corrected chi connectivity index (χ0v) is 16.7. The van der Waals surface area contributed by atoms with Crippen molar-refractivity contribution in [2.24, 2.45) is 5.92 Å². The second-order valence-electron chi connectivity index (χ2n) is 7.03. The summed E-state index contributed by atoms with van der Waals surface area (Å²) in [5.41, 5.74) is 0.936. The van der Waals surface area contributed by atoms with Gasteiger partial charge in [0.2, 0.25) is 15.9 Å². The lowest BCUT2D eigenvalue weighted by atomic mass is 10.0. The third-order valence-corrected chi connectivity index (χ3v) is 4.97. The minimum absolute atomic E-state index is 0.201. The number of carbonyl (C=O) groups excluding carboxylic acids is 1. The molecule has 2 heterocycles. The molecule has 1 saturated heterocycles. The van der Waals surface area contributed by atoms with Crippen molar-refractivity contribution < 1.29 is 13.2 Å². The molecule has 0 aromatic carbocycles. The molecule has 146 valence electrons. The van der Waals surface area contributed by atoms with Gasteiger partial charge < -0.3 is 14.7 Å². The summed E-state index contributed by atoms with van der Waals surface area (Å²) in [6.07, 6.45) is 3.34.